The molecule has 0 unspecified atom stereocenters. The third-order valence-electron chi connectivity index (χ3n) is 0.919. The summed E-state index contributed by atoms with van der Waals surface area (Å²) in [7, 11) is 0. The second-order valence-electron chi connectivity index (χ2n) is 1.61. The molecule has 0 amide bonds. The van der Waals surface area contributed by atoms with E-state index in [0.29, 0.717) is 5.56 Å². The van der Waals surface area contributed by atoms with E-state index in [1.807, 2.05) is 4.98 Å². The SMILES string of the molecule is Cc1cc(F)[nH]c1F. The van der Waals surface area contributed by atoms with Gasteiger partial charge in [-0.25, -0.2) is 0 Å². The first-order valence-corrected chi connectivity index (χ1v) is 2.21. The van der Waals surface area contributed by atoms with E-state index in [1.54, 1.807) is 0 Å². The van der Waals surface area contributed by atoms with Crippen molar-refractivity contribution in [2.45, 2.75) is 6.92 Å². The minimum Gasteiger partial charge on any atom is -0.308 e. The first-order chi connectivity index (χ1) is 3.70. The number of aromatic nitrogens is 1. The van der Waals surface area contributed by atoms with Gasteiger partial charge in [0.05, 0.1) is 0 Å². The van der Waals surface area contributed by atoms with Crippen molar-refractivity contribution < 1.29 is 8.78 Å². The van der Waals surface area contributed by atoms with Crippen molar-refractivity contribution in [2.75, 3.05) is 0 Å². The molecule has 44 valence electrons. The molecule has 1 nitrogen and oxygen atoms in total. The minimum absolute atomic E-state index is 0.308. The van der Waals surface area contributed by atoms with Gasteiger partial charge in [-0.15, -0.1) is 0 Å². The molecule has 0 spiro atoms. The summed E-state index contributed by atoms with van der Waals surface area (Å²) >= 11 is 0. The standard InChI is InChI=1S/C5H5F2N/c1-3-2-4(6)8-5(3)7/h2,8H,1H3. The van der Waals surface area contributed by atoms with E-state index in [-0.39, 0.29) is 0 Å². The van der Waals surface area contributed by atoms with Crippen LogP contribution in [0.5, 0.6) is 0 Å². The van der Waals surface area contributed by atoms with Crippen molar-refractivity contribution in [3.63, 3.8) is 0 Å². The van der Waals surface area contributed by atoms with Crippen LogP contribution in [0, 0.1) is 18.8 Å². The van der Waals surface area contributed by atoms with Crippen LogP contribution in [0.1, 0.15) is 5.56 Å². The number of hydrogen-bond acceptors (Lipinski definition) is 0. The van der Waals surface area contributed by atoms with E-state index < -0.39 is 11.9 Å². The average Bonchev–Trinajstić information content (AvgIpc) is 1.85. The maximum absolute atomic E-state index is 12.0. The largest absolute Gasteiger partial charge is 0.308 e. The molecule has 0 saturated carbocycles. The molecule has 1 aromatic rings. The highest BCUT2D eigenvalue weighted by Gasteiger charge is 1.99. The van der Waals surface area contributed by atoms with Crippen molar-refractivity contribution in [2.24, 2.45) is 0 Å². The smallest absolute Gasteiger partial charge is 0.196 e. The zero-order chi connectivity index (χ0) is 6.15. The molecule has 0 saturated heterocycles. The van der Waals surface area contributed by atoms with Gasteiger partial charge in [-0.2, -0.15) is 8.78 Å². The van der Waals surface area contributed by atoms with Crippen LogP contribution in [-0.4, -0.2) is 4.98 Å². The van der Waals surface area contributed by atoms with Gasteiger partial charge in [0.2, 0.25) is 0 Å². The molecule has 0 fully saturated rings. The van der Waals surface area contributed by atoms with Gasteiger partial charge in [0.15, 0.2) is 11.9 Å². The second kappa shape index (κ2) is 1.58. The molecule has 8 heavy (non-hydrogen) atoms. The molecular formula is C5H5F2N. The van der Waals surface area contributed by atoms with Crippen LogP contribution in [0.15, 0.2) is 6.07 Å². The van der Waals surface area contributed by atoms with Gasteiger partial charge in [0.25, 0.3) is 0 Å². The Morgan fingerprint density at radius 1 is 1.50 bits per heavy atom. The van der Waals surface area contributed by atoms with E-state index in [1.165, 1.54) is 6.92 Å². The maximum atomic E-state index is 12.0. The molecule has 1 heterocycles. The highest BCUT2D eigenvalue weighted by Crippen LogP contribution is 2.04. The van der Waals surface area contributed by atoms with Crippen LogP contribution in [0.4, 0.5) is 8.78 Å². The van der Waals surface area contributed by atoms with E-state index >= 15 is 0 Å². The van der Waals surface area contributed by atoms with Gasteiger partial charge in [-0.1, -0.05) is 0 Å². The summed E-state index contributed by atoms with van der Waals surface area (Å²) in [5.74, 6) is -1.22. The number of H-pyrrole nitrogens is 1. The fourth-order valence-electron chi connectivity index (χ4n) is 0.493. The van der Waals surface area contributed by atoms with E-state index in [9.17, 15) is 8.78 Å². The Balaban J connectivity index is 3.14. The number of aromatic amines is 1. The third kappa shape index (κ3) is 0.710. The zero-order valence-electron chi connectivity index (χ0n) is 4.33. The normalized spacial score (nSPS) is 9.88. The molecule has 0 bridgehead atoms. The third-order valence-corrected chi connectivity index (χ3v) is 0.919. The lowest BCUT2D eigenvalue weighted by Gasteiger charge is -1.75. The van der Waals surface area contributed by atoms with Crippen molar-refractivity contribution in [3.05, 3.63) is 23.5 Å². The zero-order valence-corrected chi connectivity index (χ0v) is 4.33. The van der Waals surface area contributed by atoms with Crippen LogP contribution in [0.3, 0.4) is 0 Å². The summed E-state index contributed by atoms with van der Waals surface area (Å²) in [5.41, 5.74) is 0.308. The Kier molecular flexibility index (Phi) is 1.04. The van der Waals surface area contributed by atoms with E-state index in [4.69, 9.17) is 0 Å². The van der Waals surface area contributed by atoms with E-state index in [2.05, 4.69) is 0 Å². The molecule has 0 radical (unpaired) electrons. The van der Waals surface area contributed by atoms with Crippen molar-refractivity contribution in [3.8, 4) is 0 Å². The first-order valence-electron chi connectivity index (χ1n) is 2.21. The molecule has 1 aromatic heterocycles. The number of rotatable bonds is 0. The lowest BCUT2D eigenvalue weighted by molar-refractivity contribution is 0.532. The number of nitrogens with one attached hydrogen (secondary N) is 1. The number of hydrogen-bond donors (Lipinski definition) is 1. The predicted molar refractivity (Wildman–Crippen MR) is 25.4 cm³/mol. The van der Waals surface area contributed by atoms with Gasteiger partial charge in [-0.3, -0.25) is 0 Å². The topological polar surface area (TPSA) is 15.8 Å². The van der Waals surface area contributed by atoms with Gasteiger partial charge >= 0.3 is 0 Å². The average molecular weight is 117 g/mol. The molecule has 0 aromatic carbocycles. The molecule has 0 aliphatic carbocycles. The highest BCUT2D eigenvalue weighted by molar-refractivity contribution is 5.08. The molecule has 1 rings (SSSR count). The first kappa shape index (κ1) is 5.28. The van der Waals surface area contributed by atoms with Gasteiger partial charge in [0.1, 0.15) is 0 Å². The van der Waals surface area contributed by atoms with Crippen LogP contribution in [-0.2, 0) is 0 Å². The highest BCUT2D eigenvalue weighted by atomic mass is 19.1. The molecule has 0 atom stereocenters. The quantitative estimate of drug-likeness (QED) is 0.531. The van der Waals surface area contributed by atoms with Crippen LogP contribution in [0.2, 0.25) is 0 Å². The lowest BCUT2D eigenvalue weighted by Crippen LogP contribution is -1.73. The summed E-state index contributed by atoms with van der Waals surface area (Å²) in [6.45, 7) is 1.49. The number of halogens is 2. The lowest BCUT2D eigenvalue weighted by atomic mass is 10.4. The molecule has 0 aliphatic heterocycles. The fourth-order valence-corrected chi connectivity index (χ4v) is 0.493. The Labute approximate surface area is 45.3 Å². The summed E-state index contributed by atoms with van der Waals surface area (Å²) in [6, 6.07) is 1.11. The van der Waals surface area contributed by atoms with Crippen LogP contribution < -0.4 is 0 Å². The maximum Gasteiger partial charge on any atom is 0.196 e. The number of aryl methyl sites for hydroxylation is 1. The predicted octanol–water partition coefficient (Wildman–Crippen LogP) is 1.60. The minimum atomic E-state index is -0.625. The Morgan fingerprint density at radius 2 is 2.12 bits per heavy atom. The Morgan fingerprint density at radius 3 is 2.25 bits per heavy atom. The van der Waals surface area contributed by atoms with Gasteiger partial charge < -0.3 is 4.98 Å². The summed E-state index contributed by atoms with van der Waals surface area (Å²) in [4.78, 5) is 1.87. The molecular weight excluding hydrogens is 112 g/mol. The van der Waals surface area contributed by atoms with Gasteiger partial charge in [-0.05, 0) is 13.0 Å². The second-order valence-corrected chi connectivity index (χ2v) is 1.61. The molecule has 3 heteroatoms. The van der Waals surface area contributed by atoms with Crippen LogP contribution >= 0.6 is 0 Å². The fraction of sp³-hybridized carbons (Fsp3) is 0.200. The van der Waals surface area contributed by atoms with Gasteiger partial charge in [0, 0.05) is 5.56 Å². The van der Waals surface area contributed by atoms with Crippen molar-refractivity contribution in [1.82, 2.24) is 4.98 Å². The van der Waals surface area contributed by atoms with Crippen LogP contribution in [0.25, 0.3) is 0 Å². The Bertz CT molecular complexity index is 173. The summed E-state index contributed by atoms with van der Waals surface area (Å²) in [6.07, 6.45) is 0. The molecule has 1 N–H and O–H groups in total. The Hall–Kier alpha value is -0.860. The van der Waals surface area contributed by atoms with Crippen molar-refractivity contribution >= 4 is 0 Å². The van der Waals surface area contributed by atoms with E-state index in [0.717, 1.165) is 6.07 Å². The summed E-state index contributed by atoms with van der Waals surface area (Å²) < 4.78 is 23.9. The molecule has 0 aliphatic rings. The van der Waals surface area contributed by atoms with Crippen molar-refractivity contribution in [1.29, 1.82) is 0 Å². The monoisotopic (exact) mass is 117 g/mol. The summed E-state index contributed by atoms with van der Waals surface area (Å²) in [5, 5.41) is 0.